The summed E-state index contributed by atoms with van der Waals surface area (Å²) in [5.74, 6) is 0.245. The number of amides is 1. The Bertz CT molecular complexity index is 876. The molecule has 0 radical (unpaired) electrons. The van der Waals surface area contributed by atoms with E-state index in [-0.39, 0.29) is 12.5 Å². The lowest BCUT2D eigenvalue weighted by molar-refractivity contribution is -0.123. The van der Waals surface area contributed by atoms with Crippen LogP contribution >= 0.6 is 11.6 Å². The molecule has 0 fully saturated rings. The summed E-state index contributed by atoms with van der Waals surface area (Å²) in [5, 5.41) is 6.85. The summed E-state index contributed by atoms with van der Waals surface area (Å²) in [6, 6.07) is 20.8. The quantitative estimate of drug-likeness (QED) is 0.564. The molecule has 0 aliphatic carbocycles. The number of nitrogens with zero attached hydrogens (tertiary/aromatic N) is 1. The highest BCUT2D eigenvalue weighted by Gasteiger charge is 2.01. The molecule has 0 heterocycles. The largest absolute Gasteiger partial charge is 0.484 e. The molecule has 0 bridgehead atoms. The van der Waals surface area contributed by atoms with Gasteiger partial charge in [-0.2, -0.15) is 5.10 Å². The Morgan fingerprint density at radius 2 is 1.79 bits per heavy atom. The van der Waals surface area contributed by atoms with Crippen molar-refractivity contribution in [1.29, 1.82) is 0 Å². The van der Waals surface area contributed by atoms with Crippen molar-refractivity contribution in [3.63, 3.8) is 0 Å². The molecular weight excluding hydrogens is 324 g/mol. The van der Waals surface area contributed by atoms with Crippen molar-refractivity contribution in [2.75, 3.05) is 6.61 Å². The van der Waals surface area contributed by atoms with Crippen LogP contribution in [0.1, 0.15) is 5.56 Å². The van der Waals surface area contributed by atoms with Crippen molar-refractivity contribution < 1.29 is 9.53 Å². The zero-order valence-electron chi connectivity index (χ0n) is 12.8. The van der Waals surface area contributed by atoms with Gasteiger partial charge < -0.3 is 4.74 Å². The fourth-order valence-electron chi connectivity index (χ4n) is 2.18. The minimum atomic E-state index is -0.331. The van der Waals surface area contributed by atoms with Crippen LogP contribution in [0.2, 0.25) is 5.02 Å². The smallest absolute Gasteiger partial charge is 0.277 e. The zero-order chi connectivity index (χ0) is 16.8. The van der Waals surface area contributed by atoms with Crippen molar-refractivity contribution in [2.45, 2.75) is 0 Å². The first-order chi connectivity index (χ1) is 11.7. The van der Waals surface area contributed by atoms with Crippen molar-refractivity contribution in [3.8, 4) is 5.75 Å². The lowest BCUT2D eigenvalue weighted by atomic mass is 10.1. The van der Waals surface area contributed by atoms with Crippen LogP contribution in [-0.2, 0) is 4.79 Å². The van der Waals surface area contributed by atoms with Gasteiger partial charge in [0.15, 0.2) is 6.61 Å². The van der Waals surface area contributed by atoms with Gasteiger partial charge in [0.1, 0.15) is 5.75 Å². The first-order valence-corrected chi connectivity index (χ1v) is 7.77. The lowest BCUT2D eigenvalue weighted by Crippen LogP contribution is -2.24. The van der Waals surface area contributed by atoms with E-state index in [0.717, 1.165) is 16.3 Å². The molecule has 1 N–H and O–H groups in total. The maximum absolute atomic E-state index is 11.7. The van der Waals surface area contributed by atoms with Crippen LogP contribution in [0, 0.1) is 0 Å². The number of hydrazone groups is 1. The van der Waals surface area contributed by atoms with Gasteiger partial charge in [-0.15, -0.1) is 0 Å². The number of benzene rings is 3. The monoisotopic (exact) mass is 338 g/mol. The molecule has 0 aliphatic heterocycles. The SMILES string of the molecule is O=C(COc1ccc(Cl)cc1)N/N=C/c1ccc2ccccc2c1. The highest BCUT2D eigenvalue weighted by atomic mass is 35.5. The summed E-state index contributed by atoms with van der Waals surface area (Å²) in [6.45, 7) is -0.114. The van der Waals surface area contributed by atoms with E-state index in [1.54, 1.807) is 30.5 Å². The first-order valence-electron chi connectivity index (χ1n) is 7.40. The first kappa shape index (κ1) is 16.0. The molecule has 0 spiro atoms. The van der Waals surface area contributed by atoms with E-state index in [1.807, 2.05) is 42.5 Å². The third kappa shape index (κ3) is 4.33. The third-order valence-electron chi connectivity index (χ3n) is 3.36. The molecule has 0 atom stereocenters. The number of halogens is 1. The Morgan fingerprint density at radius 1 is 1.04 bits per heavy atom. The highest BCUT2D eigenvalue weighted by Crippen LogP contribution is 2.15. The summed E-state index contributed by atoms with van der Waals surface area (Å²) in [5.41, 5.74) is 3.35. The average molecular weight is 339 g/mol. The Kier molecular flexibility index (Phi) is 5.08. The number of ether oxygens (including phenoxy) is 1. The van der Waals surface area contributed by atoms with E-state index in [2.05, 4.69) is 10.5 Å². The Balaban J connectivity index is 1.52. The van der Waals surface area contributed by atoms with Crippen LogP contribution in [0.4, 0.5) is 0 Å². The fraction of sp³-hybridized carbons (Fsp3) is 0.0526. The molecule has 4 nitrogen and oxygen atoms in total. The second-order valence-electron chi connectivity index (χ2n) is 5.14. The average Bonchev–Trinajstić information content (AvgIpc) is 2.61. The number of rotatable bonds is 5. The van der Waals surface area contributed by atoms with Crippen LogP contribution in [0.15, 0.2) is 71.8 Å². The van der Waals surface area contributed by atoms with Crippen LogP contribution in [0.5, 0.6) is 5.75 Å². The van der Waals surface area contributed by atoms with Gasteiger partial charge in [-0.05, 0) is 46.7 Å². The van der Waals surface area contributed by atoms with E-state index in [9.17, 15) is 4.79 Å². The molecule has 0 saturated heterocycles. The minimum Gasteiger partial charge on any atom is -0.484 e. The molecule has 120 valence electrons. The van der Waals surface area contributed by atoms with Gasteiger partial charge in [0, 0.05) is 5.02 Å². The Morgan fingerprint density at radius 3 is 2.58 bits per heavy atom. The summed E-state index contributed by atoms with van der Waals surface area (Å²) in [6.07, 6.45) is 1.60. The van der Waals surface area contributed by atoms with Gasteiger partial charge >= 0.3 is 0 Å². The maximum Gasteiger partial charge on any atom is 0.277 e. The van der Waals surface area contributed by atoms with Crippen molar-refractivity contribution in [2.24, 2.45) is 5.10 Å². The van der Waals surface area contributed by atoms with Crippen molar-refractivity contribution in [1.82, 2.24) is 5.43 Å². The number of fused-ring (bicyclic) bond motifs is 1. The number of hydrogen-bond acceptors (Lipinski definition) is 3. The van der Waals surface area contributed by atoms with E-state index >= 15 is 0 Å². The predicted octanol–water partition coefficient (Wildman–Crippen LogP) is 4.02. The fourth-order valence-corrected chi connectivity index (χ4v) is 2.30. The van der Waals surface area contributed by atoms with E-state index in [0.29, 0.717) is 10.8 Å². The Labute approximate surface area is 144 Å². The standard InChI is InChI=1S/C19H15ClN2O2/c20-17-7-9-18(10-8-17)24-13-19(23)22-21-12-14-5-6-15-3-1-2-4-16(15)11-14/h1-12H,13H2,(H,22,23)/b21-12+. The highest BCUT2D eigenvalue weighted by molar-refractivity contribution is 6.30. The van der Waals surface area contributed by atoms with E-state index in [4.69, 9.17) is 16.3 Å². The molecule has 0 aromatic heterocycles. The van der Waals surface area contributed by atoms with Crippen LogP contribution in [-0.4, -0.2) is 18.7 Å². The van der Waals surface area contributed by atoms with Gasteiger partial charge in [0.25, 0.3) is 5.91 Å². The van der Waals surface area contributed by atoms with Crippen molar-refractivity contribution >= 4 is 34.5 Å². The summed E-state index contributed by atoms with van der Waals surface area (Å²) >= 11 is 5.78. The zero-order valence-corrected chi connectivity index (χ0v) is 13.5. The van der Waals surface area contributed by atoms with Gasteiger partial charge in [0.05, 0.1) is 6.21 Å². The maximum atomic E-state index is 11.7. The molecule has 5 heteroatoms. The van der Waals surface area contributed by atoms with Gasteiger partial charge in [-0.3, -0.25) is 4.79 Å². The molecule has 3 aromatic rings. The summed E-state index contributed by atoms with van der Waals surface area (Å²) in [7, 11) is 0. The van der Waals surface area contributed by atoms with Gasteiger partial charge in [0.2, 0.25) is 0 Å². The second kappa shape index (κ2) is 7.62. The lowest BCUT2D eigenvalue weighted by Gasteiger charge is -2.04. The molecule has 0 saturated carbocycles. The van der Waals surface area contributed by atoms with Crippen LogP contribution in [0.3, 0.4) is 0 Å². The van der Waals surface area contributed by atoms with Crippen LogP contribution in [0.25, 0.3) is 10.8 Å². The summed E-state index contributed by atoms with van der Waals surface area (Å²) in [4.78, 5) is 11.7. The normalized spacial score (nSPS) is 10.9. The Hall–Kier alpha value is -2.85. The van der Waals surface area contributed by atoms with Crippen LogP contribution < -0.4 is 10.2 Å². The third-order valence-corrected chi connectivity index (χ3v) is 3.61. The molecule has 0 unspecified atom stereocenters. The van der Waals surface area contributed by atoms with Gasteiger partial charge in [-0.1, -0.05) is 48.0 Å². The second-order valence-corrected chi connectivity index (χ2v) is 5.58. The van der Waals surface area contributed by atoms with E-state index < -0.39 is 0 Å². The molecule has 1 amide bonds. The molecule has 24 heavy (non-hydrogen) atoms. The number of carbonyl (C=O) groups is 1. The predicted molar refractivity (Wildman–Crippen MR) is 96.6 cm³/mol. The minimum absolute atomic E-state index is 0.114. The summed E-state index contributed by atoms with van der Waals surface area (Å²) < 4.78 is 5.34. The molecular formula is C19H15ClN2O2. The van der Waals surface area contributed by atoms with E-state index in [1.165, 1.54) is 0 Å². The van der Waals surface area contributed by atoms with Crippen molar-refractivity contribution in [3.05, 3.63) is 77.3 Å². The number of carbonyl (C=O) groups excluding carboxylic acids is 1. The molecule has 3 rings (SSSR count). The number of hydrogen-bond donors (Lipinski definition) is 1. The topological polar surface area (TPSA) is 50.7 Å². The molecule has 3 aromatic carbocycles. The number of nitrogens with one attached hydrogen (secondary N) is 1. The van der Waals surface area contributed by atoms with Gasteiger partial charge in [-0.25, -0.2) is 5.43 Å². The molecule has 0 aliphatic rings.